The number of aromatic nitrogens is 1. The van der Waals surface area contributed by atoms with E-state index in [2.05, 4.69) is 4.98 Å². The van der Waals surface area contributed by atoms with Crippen molar-refractivity contribution in [3.63, 3.8) is 0 Å². The number of para-hydroxylation sites is 1. The average molecular weight is 207 g/mol. The van der Waals surface area contributed by atoms with E-state index in [0.717, 1.165) is 0 Å². The van der Waals surface area contributed by atoms with Crippen molar-refractivity contribution in [2.75, 3.05) is 0 Å². The summed E-state index contributed by atoms with van der Waals surface area (Å²) in [7, 11) is 0. The van der Waals surface area contributed by atoms with Gasteiger partial charge in [-0.25, -0.2) is 14.2 Å². The van der Waals surface area contributed by atoms with E-state index in [9.17, 15) is 9.18 Å². The van der Waals surface area contributed by atoms with Crippen molar-refractivity contribution in [3.05, 3.63) is 48.4 Å². The van der Waals surface area contributed by atoms with Crippen LogP contribution in [0.2, 0.25) is 0 Å². The lowest BCUT2D eigenvalue weighted by Gasteiger charge is -2.01. The van der Waals surface area contributed by atoms with Crippen LogP contribution in [0.5, 0.6) is 5.75 Å². The second-order valence-electron chi connectivity index (χ2n) is 2.66. The van der Waals surface area contributed by atoms with E-state index >= 15 is 0 Å². The molecule has 1 aromatic carbocycles. The molecule has 0 atom stereocenters. The maximum atomic E-state index is 13.1. The maximum absolute atomic E-state index is 13.1. The van der Waals surface area contributed by atoms with Gasteiger partial charge in [0.2, 0.25) is 0 Å². The highest BCUT2D eigenvalue weighted by atomic mass is 19.1. The van der Waals surface area contributed by atoms with E-state index < -0.39 is 11.8 Å². The van der Waals surface area contributed by atoms with E-state index in [1.165, 1.54) is 30.7 Å². The molecule has 5 heteroatoms. The number of hydrogen-bond donors (Lipinski definition) is 0. The van der Waals surface area contributed by atoms with Crippen LogP contribution < -0.4 is 4.74 Å². The molecule has 0 amide bonds. The van der Waals surface area contributed by atoms with E-state index in [4.69, 9.17) is 9.15 Å². The lowest BCUT2D eigenvalue weighted by molar-refractivity contribution is 0.0686. The van der Waals surface area contributed by atoms with Crippen LogP contribution in [0, 0.1) is 5.82 Å². The van der Waals surface area contributed by atoms with Crippen molar-refractivity contribution in [2.45, 2.75) is 0 Å². The Morgan fingerprint density at radius 3 is 2.87 bits per heavy atom. The van der Waals surface area contributed by atoms with Gasteiger partial charge < -0.3 is 9.15 Å². The van der Waals surface area contributed by atoms with Gasteiger partial charge in [-0.15, -0.1) is 0 Å². The zero-order chi connectivity index (χ0) is 10.7. The van der Waals surface area contributed by atoms with Gasteiger partial charge >= 0.3 is 11.9 Å². The Balaban J connectivity index is 2.17. The van der Waals surface area contributed by atoms with Gasteiger partial charge in [0.15, 0.2) is 11.6 Å². The molecule has 15 heavy (non-hydrogen) atoms. The topological polar surface area (TPSA) is 52.3 Å². The van der Waals surface area contributed by atoms with Crippen LogP contribution in [0.25, 0.3) is 0 Å². The molecule has 1 heterocycles. The summed E-state index contributed by atoms with van der Waals surface area (Å²) in [5.74, 6) is -1.80. The smallest absolute Gasteiger partial charge is 0.400 e. The number of carbonyl (C=O) groups is 1. The molecule has 0 aliphatic rings. The number of hydrogen-bond acceptors (Lipinski definition) is 4. The molecule has 2 rings (SSSR count). The number of nitrogens with zero attached hydrogens (tertiary/aromatic N) is 1. The van der Waals surface area contributed by atoms with Crippen molar-refractivity contribution in [2.24, 2.45) is 0 Å². The van der Waals surface area contributed by atoms with Crippen molar-refractivity contribution >= 4 is 5.97 Å². The SMILES string of the molecule is O=C(Oc1ccccc1F)c1ncco1. The Morgan fingerprint density at radius 2 is 2.20 bits per heavy atom. The molecular formula is C10H6FNO3. The molecule has 2 aromatic rings. The minimum absolute atomic E-state index is 0.152. The Hall–Kier alpha value is -2.17. The third-order valence-electron chi connectivity index (χ3n) is 1.65. The maximum Gasteiger partial charge on any atom is 0.400 e. The molecule has 0 bridgehead atoms. The first-order valence-electron chi connectivity index (χ1n) is 4.13. The number of oxazole rings is 1. The van der Waals surface area contributed by atoms with Crippen molar-refractivity contribution in [3.8, 4) is 5.75 Å². The third-order valence-corrected chi connectivity index (χ3v) is 1.65. The molecule has 0 spiro atoms. The van der Waals surface area contributed by atoms with Gasteiger partial charge in [0.05, 0.1) is 6.20 Å². The van der Waals surface area contributed by atoms with Gasteiger partial charge in [-0.2, -0.15) is 0 Å². The molecule has 0 fully saturated rings. The minimum Gasteiger partial charge on any atom is -0.440 e. The van der Waals surface area contributed by atoms with Crippen LogP contribution in [0.1, 0.15) is 10.7 Å². The second kappa shape index (κ2) is 3.91. The van der Waals surface area contributed by atoms with E-state index in [-0.39, 0.29) is 11.6 Å². The molecule has 4 nitrogen and oxygen atoms in total. The van der Waals surface area contributed by atoms with Gasteiger partial charge in [0.1, 0.15) is 6.26 Å². The van der Waals surface area contributed by atoms with Crippen LogP contribution in [0.4, 0.5) is 4.39 Å². The quantitative estimate of drug-likeness (QED) is 0.558. The highest BCUT2D eigenvalue weighted by molar-refractivity contribution is 5.86. The lowest BCUT2D eigenvalue weighted by Crippen LogP contribution is -2.09. The Labute approximate surface area is 84.3 Å². The number of ether oxygens (including phenoxy) is 1. The van der Waals surface area contributed by atoms with Gasteiger partial charge in [-0.1, -0.05) is 12.1 Å². The zero-order valence-electron chi connectivity index (χ0n) is 7.51. The van der Waals surface area contributed by atoms with Crippen LogP contribution in [0.3, 0.4) is 0 Å². The van der Waals surface area contributed by atoms with Gasteiger partial charge in [0.25, 0.3) is 0 Å². The molecule has 0 unspecified atom stereocenters. The number of halogens is 1. The first-order chi connectivity index (χ1) is 7.27. The normalized spacial score (nSPS) is 9.93. The number of esters is 1. The van der Waals surface area contributed by atoms with Crippen LogP contribution >= 0.6 is 0 Å². The third kappa shape index (κ3) is 2.01. The Morgan fingerprint density at radius 1 is 1.40 bits per heavy atom. The predicted octanol–water partition coefficient (Wildman–Crippen LogP) is 2.03. The highest BCUT2D eigenvalue weighted by Gasteiger charge is 2.15. The number of benzene rings is 1. The molecule has 0 aliphatic heterocycles. The molecule has 76 valence electrons. The van der Waals surface area contributed by atoms with Crippen LogP contribution in [-0.4, -0.2) is 11.0 Å². The molecule has 0 saturated heterocycles. The van der Waals surface area contributed by atoms with E-state index in [0.29, 0.717) is 0 Å². The Kier molecular flexibility index (Phi) is 2.45. The summed E-state index contributed by atoms with van der Waals surface area (Å²) in [5.41, 5.74) is 0. The highest BCUT2D eigenvalue weighted by Crippen LogP contribution is 2.16. The summed E-state index contributed by atoms with van der Waals surface area (Å²) < 4.78 is 22.5. The molecule has 0 aliphatic carbocycles. The lowest BCUT2D eigenvalue weighted by atomic mass is 10.3. The molecule has 0 radical (unpaired) electrons. The summed E-state index contributed by atoms with van der Waals surface area (Å²) in [6.07, 6.45) is 2.54. The molecular weight excluding hydrogens is 201 g/mol. The number of carbonyl (C=O) groups excluding carboxylic acids is 1. The van der Waals surface area contributed by atoms with Gasteiger partial charge in [-0.3, -0.25) is 0 Å². The number of rotatable bonds is 2. The predicted molar refractivity (Wildman–Crippen MR) is 47.9 cm³/mol. The molecule has 0 N–H and O–H groups in total. The van der Waals surface area contributed by atoms with E-state index in [1.807, 2.05) is 0 Å². The summed E-state index contributed by atoms with van der Waals surface area (Å²) in [5, 5.41) is 0. The molecule has 0 saturated carbocycles. The zero-order valence-corrected chi connectivity index (χ0v) is 7.51. The largest absolute Gasteiger partial charge is 0.440 e. The minimum atomic E-state index is -0.829. The van der Waals surface area contributed by atoms with Crippen molar-refractivity contribution in [1.82, 2.24) is 4.98 Å². The first kappa shape index (κ1) is 9.39. The summed E-state index contributed by atoms with van der Waals surface area (Å²) >= 11 is 0. The fourth-order valence-corrected chi connectivity index (χ4v) is 0.995. The summed E-state index contributed by atoms with van der Waals surface area (Å²) in [6.45, 7) is 0. The van der Waals surface area contributed by atoms with Crippen molar-refractivity contribution < 1.29 is 18.3 Å². The van der Waals surface area contributed by atoms with Crippen molar-refractivity contribution in [1.29, 1.82) is 0 Å². The standard InChI is InChI=1S/C10H6FNO3/c11-7-3-1-2-4-8(7)15-10(13)9-12-5-6-14-9/h1-6H. The van der Waals surface area contributed by atoms with Crippen LogP contribution in [0.15, 0.2) is 41.1 Å². The first-order valence-corrected chi connectivity index (χ1v) is 4.13. The fraction of sp³-hybridized carbons (Fsp3) is 0. The van der Waals surface area contributed by atoms with Crippen LogP contribution in [-0.2, 0) is 0 Å². The summed E-state index contributed by atoms with van der Waals surface area (Å²) in [6, 6.07) is 5.59. The average Bonchev–Trinajstić information content (AvgIpc) is 2.74. The van der Waals surface area contributed by atoms with Gasteiger partial charge in [0, 0.05) is 0 Å². The van der Waals surface area contributed by atoms with Gasteiger partial charge in [-0.05, 0) is 12.1 Å². The monoisotopic (exact) mass is 207 g/mol. The van der Waals surface area contributed by atoms with E-state index in [1.54, 1.807) is 6.07 Å². The molecule has 1 aromatic heterocycles. The fourth-order valence-electron chi connectivity index (χ4n) is 0.995. The second-order valence-corrected chi connectivity index (χ2v) is 2.66. The summed E-state index contributed by atoms with van der Waals surface area (Å²) in [4.78, 5) is 14.9. The Bertz CT molecular complexity index is 467.